The Bertz CT molecular complexity index is 2130. The Morgan fingerprint density at radius 1 is 1.09 bits per heavy atom. The maximum atomic E-state index is 15.8. The van der Waals surface area contributed by atoms with Gasteiger partial charge in [0.05, 0.1) is 47.6 Å². The number of halogens is 1. The van der Waals surface area contributed by atoms with E-state index in [1.54, 1.807) is 16.7 Å². The second kappa shape index (κ2) is 18.0. The van der Waals surface area contributed by atoms with Crippen molar-refractivity contribution >= 4 is 52.1 Å². The van der Waals surface area contributed by atoms with Gasteiger partial charge in [-0.3, -0.25) is 19.3 Å². The largest absolute Gasteiger partial charge is 1.00 e. The molecule has 2 saturated heterocycles. The zero-order valence-corrected chi connectivity index (χ0v) is 36.0. The number of hydrogen-bond donors (Lipinski definition) is 2. The van der Waals surface area contributed by atoms with Crippen molar-refractivity contribution in [3.8, 4) is 5.75 Å². The number of ether oxygens (including phenoxy) is 1. The number of aromatic nitrogens is 1. The second-order valence-corrected chi connectivity index (χ2v) is 14.9. The fourth-order valence-corrected chi connectivity index (χ4v) is 8.82. The standard InChI is InChI=1S/C38H40FN5O8S.2Na/c1-20(22-12-14-42(17-22)32-27(39)16-25-31(34(32)52-2)43(24-10-11-24)18-26(33(25)46)37(48)49)40-13-6-9-23-19-53-36-29(35(47)44(36)30(23)38(50)51)41-28(45)15-21-7-4-3-5-8-21;;/h3-9,16,18,20,22,24,29,36,40H,10-15,17,19H2,1-2H3,(H,41,45)(H,48,49)(H,50,51);;/q;2*+1/p-2/b9-6+;;/t20-,22+,29+,36+;;/m0../s1. The van der Waals surface area contributed by atoms with E-state index in [4.69, 9.17) is 4.74 Å². The number of anilines is 1. The Kier molecular flexibility index (Phi) is 14.0. The van der Waals surface area contributed by atoms with Crippen LogP contribution in [0.2, 0.25) is 0 Å². The molecule has 3 fully saturated rings. The first-order valence-corrected chi connectivity index (χ1v) is 18.6. The number of amides is 2. The van der Waals surface area contributed by atoms with Gasteiger partial charge in [-0.2, -0.15) is 0 Å². The van der Waals surface area contributed by atoms with E-state index in [1.807, 2.05) is 42.2 Å². The van der Waals surface area contributed by atoms with Crippen molar-refractivity contribution in [1.82, 2.24) is 20.1 Å². The fraction of sp³-hybridized carbons (Fsp3) is 0.395. The summed E-state index contributed by atoms with van der Waals surface area (Å²) in [5.74, 6) is -3.97. The van der Waals surface area contributed by atoms with Crippen LogP contribution >= 0.6 is 11.8 Å². The molecule has 1 aliphatic carbocycles. The van der Waals surface area contributed by atoms with Gasteiger partial charge in [-0.25, -0.2) is 4.39 Å². The van der Waals surface area contributed by atoms with Gasteiger partial charge < -0.3 is 44.6 Å². The molecule has 1 aromatic heterocycles. The Balaban J connectivity index is 0.00000290. The van der Waals surface area contributed by atoms with Crippen LogP contribution in [0.1, 0.15) is 48.1 Å². The van der Waals surface area contributed by atoms with E-state index in [0.29, 0.717) is 36.5 Å². The number of hydrogen-bond acceptors (Lipinski definition) is 11. The number of carbonyl (C=O) groups excluding carboxylic acids is 4. The molecule has 2 aromatic carbocycles. The predicted octanol–water partition coefficient (Wildman–Crippen LogP) is -5.14. The first-order chi connectivity index (χ1) is 25.5. The molecule has 3 aromatic rings. The number of pyridine rings is 1. The number of thioether (sulfide) groups is 1. The second-order valence-electron chi connectivity index (χ2n) is 13.8. The van der Waals surface area contributed by atoms with Crippen molar-refractivity contribution in [1.29, 1.82) is 0 Å². The molecule has 4 atom stereocenters. The number of carboxylic acid groups (broad SMARTS) is 2. The molecule has 7 rings (SSSR count). The average molecular weight is 790 g/mol. The zero-order chi connectivity index (χ0) is 37.6. The first kappa shape index (κ1) is 43.0. The number of nitrogens with one attached hydrogen (secondary N) is 2. The van der Waals surface area contributed by atoms with Crippen LogP contribution in [0.4, 0.5) is 10.1 Å². The molecule has 0 unspecified atom stereocenters. The first-order valence-electron chi connectivity index (χ1n) is 17.5. The van der Waals surface area contributed by atoms with Crippen molar-refractivity contribution in [3.05, 3.63) is 93.2 Å². The predicted molar refractivity (Wildman–Crippen MR) is 191 cm³/mol. The number of carboxylic acids is 2. The third-order valence-electron chi connectivity index (χ3n) is 10.4. The molecule has 0 radical (unpaired) electrons. The van der Waals surface area contributed by atoms with Crippen molar-refractivity contribution < 1.29 is 97.6 Å². The number of benzene rings is 2. The summed E-state index contributed by atoms with van der Waals surface area (Å²) >= 11 is 1.37. The van der Waals surface area contributed by atoms with Gasteiger partial charge in [-0.1, -0.05) is 42.5 Å². The molecule has 2 amide bonds. The van der Waals surface area contributed by atoms with E-state index in [1.165, 1.54) is 30.0 Å². The smallest absolute Gasteiger partial charge is 0.545 e. The van der Waals surface area contributed by atoms with Crippen LogP contribution < -0.4 is 95.0 Å². The molecule has 0 bridgehead atoms. The summed E-state index contributed by atoms with van der Waals surface area (Å²) < 4.78 is 23.2. The van der Waals surface area contributed by atoms with Gasteiger partial charge in [-0.05, 0) is 49.3 Å². The Morgan fingerprint density at radius 2 is 1.82 bits per heavy atom. The summed E-state index contributed by atoms with van der Waals surface area (Å²) in [6, 6.07) is 9.35. The number of fused-ring (bicyclic) bond motifs is 2. The molecule has 4 aliphatic rings. The van der Waals surface area contributed by atoms with Crippen LogP contribution in [0, 0.1) is 11.7 Å². The van der Waals surface area contributed by atoms with Crippen LogP contribution in [0.25, 0.3) is 10.9 Å². The Hall–Kier alpha value is -3.15. The third-order valence-corrected chi connectivity index (χ3v) is 11.7. The molecular formula is C38H38FN5Na2O8S. The van der Waals surface area contributed by atoms with Crippen molar-refractivity contribution in [2.45, 2.75) is 56.1 Å². The molecule has 0 spiro atoms. The number of allylic oxidation sites excluding steroid dienone is 1. The topological polar surface area (TPSA) is 176 Å². The minimum Gasteiger partial charge on any atom is -0.545 e. The molecule has 13 nitrogen and oxygen atoms in total. The Labute approximate surface area is 365 Å². The average Bonchev–Trinajstić information content (AvgIpc) is 3.87. The van der Waals surface area contributed by atoms with Crippen molar-refractivity contribution in [2.75, 3.05) is 37.4 Å². The van der Waals surface area contributed by atoms with Gasteiger partial charge >= 0.3 is 59.1 Å². The van der Waals surface area contributed by atoms with Crippen LogP contribution in [-0.2, 0) is 20.8 Å². The molecule has 1 saturated carbocycles. The minimum atomic E-state index is -1.61. The number of β-lactam (4-membered cyclic amide) rings is 1. The van der Waals surface area contributed by atoms with Gasteiger partial charge in [-0.15, -0.1) is 11.8 Å². The quantitative estimate of drug-likeness (QED) is 0.125. The molecule has 17 heteroatoms. The molecular weight excluding hydrogens is 751 g/mol. The number of nitrogens with zero attached hydrogens (tertiary/aromatic N) is 3. The van der Waals surface area contributed by atoms with E-state index in [9.17, 15) is 34.2 Å². The summed E-state index contributed by atoms with van der Waals surface area (Å²) in [4.78, 5) is 65.6. The zero-order valence-electron chi connectivity index (χ0n) is 31.1. The molecule has 278 valence electrons. The summed E-state index contributed by atoms with van der Waals surface area (Å²) in [5, 5.41) is 29.5. The fourth-order valence-electron chi connectivity index (χ4n) is 7.50. The number of carbonyl (C=O) groups is 4. The molecule has 4 heterocycles. The maximum Gasteiger partial charge on any atom is 1.00 e. The van der Waals surface area contributed by atoms with E-state index in [2.05, 4.69) is 10.6 Å². The summed E-state index contributed by atoms with van der Waals surface area (Å²) in [6.07, 6.45) is 7.16. The summed E-state index contributed by atoms with van der Waals surface area (Å²) in [6.45, 7) is 3.41. The van der Waals surface area contributed by atoms with Crippen molar-refractivity contribution in [3.63, 3.8) is 0 Å². The Morgan fingerprint density at radius 3 is 2.47 bits per heavy atom. The maximum absolute atomic E-state index is 15.8. The van der Waals surface area contributed by atoms with E-state index in [0.717, 1.165) is 30.9 Å². The minimum absolute atomic E-state index is 0. The molecule has 2 N–H and O–H groups in total. The summed E-state index contributed by atoms with van der Waals surface area (Å²) in [7, 11) is 1.41. The van der Waals surface area contributed by atoms with Gasteiger partial charge in [0.25, 0.3) is 5.91 Å². The summed E-state index contributed by atoms with van der Waals surface area (Å²) in [5.41, 5.74) is 0.292. The van der Waals surface area contributed by atoms with Crippen LogP contribution in [0.15, 0.2) is 70.8 Å². The normalized spacial score (nSPS) is 21.1. The number of methoxy groups -OCH3 is 1. The van der Waals surface area contributed by atoms with Gasteiger partial charge in [0.1, 0.15) is 17.1 Å². The van der Waals surface area contributed by atoms with Gasteiger partial charge in [0.2, 0.25) is 5.91 Å². The molecule has 3 aliphatic heterocycles. The SMILES string of the molecule is COc1c(N2CC[C@@H]([C@H](C)NC/C=C/C3=C(C(=O)[O-])N4C(=O)[C@@H](NC(=O)Cc5ccccc5)[C@H]4SC3)C2)c(F)cc2c(=O)c(C(=O)[O-])cn(C3CC3)c12.[Na+].[Na+]. The number of aromatic carboxylic acids is 1. The van der Waals surface area contributed by atoms with Crippen molar-refractivity contribution in [2.24, 2.45) is 5.92 Å². The number of aliphatic carboxylic acids is 1. The monoisotopic (exact) mass is 789 g/mol. The number of rotatable bonds is 13. The van der Waals surface area contributed by atoms with Gasteiger partial charge in [0, 0.05) is 43.7 Å². The van der Waals surface area contributed by atoms with E-state index in [-0.39, 0.29) is 112 Å². The van der Waals surface area contributed by atoms with Crippen LogP contribution in [0.3, 0.4) is 0 Å². The van der Waals surface area contributed by atoms with E-state index >= 15 is 4.39 Å². The molecule has 55 heavy (non-hydrogen) atoms. The van der Waals surface area contributed by atoms with Crippen LogP contribution in [-0.4, -0.2) is 83.2 Å². The van der Waals surface area contributed by atoms with E-state index < -0.39 is 46.1 Å². The third kappa shape index (κ3) is 8.59. The van der Waals surface area contributed by atoms with Gasteiger partial charge in [0.15, 0.2) is 17.0 Å². The van der Waals surface area contributed by atoms with Crippen LogP contribution in [0.5, 0.6) is 5.75 Å².